The molecule has 0 aliphatic heterocycles. The lowest BCUT2D eigenvalue weighted by Crippen LogP contribution is -2.33. The Morgan fingerprint density at radius 1 is 1.43 bits per heavy atom. The average Bonchev–Trinajstić information content (AvgIpc) is 2.36. The Kier molecular flexibility index (Phi) is 8.49. The van der Waals surface area contributed by atoms with E-state index < -0.39 is 50.1 Å². The molecular formula is C12H22B2FO6PS. The molecule has 1 N–H and O–H groups in total. The number of allylic oxidation sites excluding steroid dienone is 1. The van der Waals surface area contributed by atoms with Crippen LogP contribution in [0.3, 0.4) is 0 Å². The summed E-state index contributed by atoms with van der Waals surface area (Å²) in [7, 11) is 1.22. The molecule has 0 aromatic heterocycles. The molecule has 3 unspecified atom stereocenters. The summed E-state index contributed by atoms with van der Waals surface area (Å²) in [5, 5.41) is 8.32. The van der Waals surface area contributed by atoms with Crippen molar-refractivity contribution in [2.45, 2.75) is 24.5 Å². The molecule has 11 heteroatoms. The first-order valence-electron chi connectivity index (χ1n) is 6.99. The van der Waals surface area contributed by atoms with Gasteiger partial charge in [-0.05, 0) is 13.0 Å². The molecule has 0 amide bonds. The third-order valence-corrected chi connectivity index (χ3v) is 5.12. The molecule has 0 aromatic rings. The highest BCUT2D eigenvalue weighted by Gasteiger charge is 2.35. The average molecular weight is 366 g/mol. The minimum absolute atomic E-state index is 0.0377. The quantitative estimate of drug-likeness (QED) is 0.188. The number of ether oxygens (including phenoxy) is 1. The molecular weight excluding hydrogens is 344 g/mol. The molecule has 3 atom stereocenters. The lowest BCUT2D eigenvalue weighted by atomic mass is 9.52. The highest BCUT2D eigenvalue weighted by molar-refractivity contribution is 7.90. The van der Waals surface area contributed by atoms with Crippen LogP contribution >= 0.6 is 9.24 Å². The fraction of sp³-hybridized carbons (Fsp3) is 0.667. The van der Waals surface area contributed by atoms with Crippen molar-refractivity contribution in [3.05, 3.63) is 11.8 Å². The molecule has 0 bridgehead atoms. The first-order chi connectivity index (χ1) is 10.3. The zero-order chi connectivity index (χ0) is 18.4. The zero-order valence-electron chi connectivity index (χ0n) is 13.7. The number of carbonyl (C=O) groups is 2. The first kappa shape index (κ1) is 22.1. The van der Waals surface area contributed by atoms with Crippen LogP contribution in [0.1, 0.15) is 13.3 Å². The van der Waals surface area contributed by atoms with Crippen LogP contribution in [0.15, 0.2) is 11.8 Å². The molecule has 0 fully saturated rings. The number of Topliss-reactive ketones (excluding diaryl/α,β-unsaturated/α-hetero) is 1. The number of aliphatic hydroxyl groups excluding tert-OH is 1. The minimum atomic E-state index is -3.48. The predicted octanol–water partition coefficient (Wildman–Crippen LogP) is -0.835. The molecule has 0 aliphatic rings. The number of alkyl halides is 1. The van der Waals surface area contributed by atoms with Gasteiger partial charge in [-0.3, -0.25) is 0 Å². The molecule has 23 heavy (non-hydrogen) atoms. The molecule has 0 aliphatic carbocycles. The van der Waals surface area contributed by atoms with E-state index in [1.807, 2.05) is 9.24 Å². The van der Waals surface area contributed by atoms with Crippen LogP contribution in [0.4, 0.5) is 4.39 Å². The van der Waals surface area contributed by atoms with Crippen LogP contribution in [0.2, 0.25) is 5.21 Å². The van der Waals surface area contributed by atoms with Crippen molar-refractivity contribution in [3.8, 4) is 0 Å². The summed E-state index contributed by atoms with van der Waals surface area (Å²) in [5.74, 6) is -5.20. The summed E-state index contributed by atoms with van der Waals surface area (Å²) < 4.78 is 41.0. The number of hydrogen-bond acceptors (Lipinski definition) is 6. The lowest BCUT2D eigenvalue weighted by Gasteiger charge is -2.26. The highest BCUT2D eigenvalue weighted by atomic mass is 32.2. The number of hydrogen-bond donors (Lipinski definition) is 1. The molecule has 0 aromatic carbocycles. The van der Waals surface area contributed by atoms with Crippen LogP contribution in [0.5, 0.6) is 0 Å². The van der Waals surface area contributed by atoms with Gasteiger partial charge in [-0.15, -0.1) is 9.24 Å². The van der Waals surface area contributed by atoms with Crippen molar-refractivity contribution in [3.63, 3.8) is 0 Å². The molecule has 0 spiro atoms. The van der Waals surface area contributed by atoms with Gasteiger partial charge in [0.15, 0.2) is 5.76 Å². The van der Waals surface area contributed by atoms with Gasteiger partial charge in [0, 0.05) is 23.8 Å². The van der Waals surface area contributed by atoms with E-state index >= 15 is 0 Å². The van der Waals surface area contributed by atoms with Gasteiger partial charge in [0.05, 0.1) is 12.4 Å². The van der Waals surface area contributed by atoms with E-state index in [4.69, 9.17) is 0 Å². The molecule has 0 saturated heterocycles. The van der Waals surface area contributed by atoms with Gasteiger partial charge in [-0.1, -0.05) is 0 Å². The van der Waals surface area contributed by atoms with E-state index in [1.165, 1.54) is 15.7 Å². The van der Waals surface area contributed by atoms with Crippen molar-refractivity contribution in [2.24, 2.45) is 5.92 Å². The predicted molar refractivity (Wildman–Crippen MR) is 94.6 cm³/mol. The maximum Gasteiger partial charge on any atom is 0.373 e. The Balaban J connectivity index is 5.37. The Labute approximate surface area is 140 Å². The number of halogens is 1. The standard InChI is InChI=1S/C12H22B2FO6PS/c1-3-21-10(18)8(16)4-7(6-23(2,19)20)5-9(17)12(13,14)11(15)22/h4,7,11,16H,3,5-6,13-14,22H2,1-2H3. The van der Waals surface area contributed by atoms with Crippen LogP contribution in [0.25, 0.3) is 0 Å². The Morgan fingerprint density at radius 2 is 1.96 bits per heavy atom. The topological polar surface area (TPSA) is 97.7 Å². The zero-order valence-corrected chi connectivity index (χ0v) is 15.7. The largest absolute Gasteiger partial charge is 0.502 e. The van der Waals surface area contributed by atoms with E-state index in [0.29, 0.717) is 0 Å². The van der Waals surface area contributed by atoms with Gasteiger partial charge >= 0.3 is 5.97 Å². The summed E-state index contributed by atoms with van der Waals surface area (Å²) >= 11 is 0. The second kappa shape index (κ2) is 8.83. The lowest BCUT2D eigenvalue weighted by molar-refractivity contribution is -0.141. The maximum atomic E-state index is 13.5. The van der Waals surface area contributed by atoms with Crippen LogP contribution in [-0.2, 0) is 24.2 Å². The minimum Gasteiger partial charge on any atom is -0.502 e. The summed E-state index contributed by atoms with van der Waals surface area (Å²) in [5.41, 5.74) is 0. The van der Waals surface area contributed by atoms with E-state index in [-0.39, 0.29) is 13.0 Å². The molecule has 0 saturated carbocycles. The van der Waals surface area contributed by atoms with Crippen molar-refractivity contribution >= 4 is 46.5 Å². The van der Waals surface area contributed by atoms with Gasteiger partial charge in [0.25, 0.3) is 0 Å². The van der Waals surface area contributed by atoms with Crippen molar-refractivity contribution in [2.75, 3.05) is 18.6 Å². The first-order valence-corrected chi connectivity index (χ1v) is 9.72. The van der Waals surface area contributed by atoms with Gasteiger partial charge in [0.2, 0.25) is 0 Å². The molecule has 6 nitrogen and oxygen atoms in total. The summed E-state index contributed by atoms with van der Waals surface area (Å²) in [6.45, 7) is 1.58. The van der Waals surface area contributed by atoms with E-state index in [1.54, 1.807) is 6.92 Å². The number of aliphatic hydroxyl groups is 1. The second-order valence-electron chi connectivity index (χ2n) is 5.88. The number of sulfone groups is 1. The van der Waals surface area contributed by atoms with Crippen molar-refractivity contribution < 1.29 is 32.2 Å². The van der Waals surface area contributed by atoms with E-state index in [2.05, 4.69) is 4.74 Å². The highest BCUT2D eigenvalue weighted by Crippen LogP contribution is 2.33. The van der Waals surface area contributed by atoms with E-state index in [0.717, 1.165) is 12.3 Å². The van der Waals surface area contributed by atoms with E-state index in [9.17, 15) is 27.5 Å². The van der Waals surface area contributed by atoms with Crippen LogP contribution in [-0.4, -0.2) is 65.5 Å². The Bertz CT molecular complexity index is 576. The summed E-state index contributed by atoms with van der Waals surface area (Å²) in [4.78, 5) is 23.6. The normalized spacial score (nSPS) is 15.7. The number of ketones is 1. The Hall–Kier alpha value is -0.880. The van der Waals surface area contributed by atoms with Gasteiger partial charge < -0.3 is 14.6 Å². The van der Waals surface area contributed by atoms with Crippen molar-refractivity contribution in [1.29, 1.82) is 0 Å². The summed E-state index contributed by atoms with van der Waals surface area (Å²) in [6, 6.07) is 0. The van der Waals surface area contributed by atoms with Gasteiger partial charge in [-0.25, -0.2) is 17.6 Å². The van der Waals surface area contributed by atoms with Gasteiger partial charge in [0.1, 0.15) is 37.2 Å². The Morgan fingerprint density at radius 3 is 2.35 bits per heavy atom. The third kappa shape index (κ3) is 7.97. The van der Waals surface area contributed by atoms with Crippen LogP contribution < -0.4 is 0 Å². The molecule has 130 valence electrons. The summed E-state index contributed by atoms with van der Waals surface area (Å²) in [6.07, 6.45) is 1.62. The SMILES string of the molecule is BC(B)(C(=O)CC(C=C(O)C(=O)OCC)CS(C)(=O)=O)C(F)P. The molecule has 0 rings (SSSR count). The van der Waals surface area contributed by atoms with Crippen LogP contribution in [0, 0.1) is 5.92 Å². The molecule has 0 radical (unpaired) electrons. The monoisotopic (exact) mass is 366 g/mol. The fourth-order valence-corrected chi connectivity index (χ4v) is 2.88. The smallest absolute Gasteiger partial charge is 0.373 e. The fourth-order valence-electron chi connectivity index (χ4n) is 1.71. The number of rotatable bonds is 9. The van der Waals surface area contributed by atoms with Gasteiger partial charge in [-0.2, -0.15) is 0 Å². The molecule has 0 heterocycles. The number of carbonyl (C=O) groups excluding carboxylic acids is 2. The second-order valence-corrected chi connectivity index (χ2v) is 8.65. The third-order valence-electron chi connectivity index (χ3n) is 3.25. The maximum absolute atomic E-state index is 13.5. The van der Waals surface area contributed by atoms with Crippen molar-refractivity contribution in [1.82, 2.24) is 0 Å². The number of esters is 1.